The van der Waals surface area contributed by atoms with Crippen molar-refractivity contribution in [1.82, 2.24) is 10.2 Å². The normalized spacial score (nSPS) is 12.2. The predicted octanol–water partition coefficient (Wildman–Crippen LogP) is 1.35. The number of nitrogens with one attached hydrogen (secondary N) is 1. The molecule has 1 unspecified atom stereocenters. The van der Waals surface area contributed by atoms with Crippen LogP contribution in [0.5, 0.6) is 0 Å². The van der Waals surface area contributed by atoms with Gasteiger partial charge >= 0.3 is 5.97 Å². The summed E-state index contributed by atoms with van der Waals surface area (Å²) >= 11 is 0. The Balaban J connectivity index is 2.37. The van der Waals surface area contributed by atoms with E-state index in [-0.39, 0.29) is 12.5 Å². The van der Waals surface area contributed by atoms with Gasteiger partial charge < -0.3 is 10.4 Å². The average molecular weight is 278 g/mol. The first kappa shape index (κ1) is 16.2. The Morgan fingerprint density at radius 2 is 1.95 bits per heavy atom. The SMILES string of the molecule is CCN(CC(=O)NCc1ccccc1)CC(C)C(=O)O. The third-order valence-electron chi connectivity index (χ3n) is 3.10. The second-order valence-electron chi connectivity index (χ2n) is 4.83. The highest BCUT2D eigenvalue weighted by Gasteiger charge is 2.17. The van der Waals surface area contributed by atoms with Crippen LogP contribution in [0.1, 0.15) is 19.4 Å². The van der Waals surface area contributed by atoms with Gasteiger partial charge in [-0.3, -0.25) is 14.5 Å². The molecule has 0 heterocycles. The van der Waals surface area contributed by atoms with Crippen LogP contribution in [0.2, 0.25) is 0 Å². The van der Waals surface area contributed by atoms with Crippen molar-refractivity contribution in [2.75, 3.05) is 19.6 Å². The topological polar surface area (TPSA) is 69.6 Å². The standard InChI is InChI=1S/C15H22N2O3/c1-3-17(10-12(2)15(19)20)11-14(18)16-9-13-7-5-4-6-8-13/h4-8,12H,3,9-11H2,1-2H3,(H,16,18)(H,19,20). The fraction of sp³-hybridized carbons (Fsp3) is 0.467. The molecule has 1 atom stereocenters. The van der Waals surface area contributed by atoms with E-state index in [2.05, 4.69) is 5.32 Å². The Morgan fingerprint density at radius 3 is 2.50 bits per heavy atom. The van der Waals surface area contributed by atoms with Gasteiger partial charge in [0.2, 0.25) is 5.91 Å². The molecule has 1 amide bonds. The minimum atomic E-state index is -0.840. The number of hydrogen-bond donors (Lipinski definition) is 2. The van der Waals surface area contributed by atoms with Crippen LogP contribution in [-0.2, 0) is 16.1 Å². The van der Waals surface area contributed by atoms with Crippen molar-refractivity contribution < 1.29 is 14.7 Å². The molecule has 2 N–H and O–H groups in total. The molecule has 5 nitrogen and oxygen atoms in total. The molecule has 0 saturated heterocycles. The van der Waals surface area contributed by atoms with Crippen LogP contribution in [0.15, 0.2) is 30.3 Å². The summed E-state index contributed by atoms with van der Waals surface area (Å²) < 4.78 is 0. The lowest BCUT2D eigenvalue weighted by Gasteiger charge is -2.21. The number of rotatable bonds is 8. The molecule has 1 aromatic carbocycles. The zero-order valence-electron chi connectivity index (χ0n) is 12.0. The van der Waals surface area contributed by atoms with Crippen LogP contribution in [0.25, 0.3) is 0 Å². The largest absolute Gasteiger partial charge is 0.481 e. The molecular formula is C15H22N2O3. The van der Waals surface area contributed by atoms with Gasteiger partial charge in [0.15, 0.2) is 0 Å². The highest BCUT2D eigenvalue weighted by Crippen LogP contribution is 2.01. The summed E-state index contributed by atoms with van der Waals surface area (Å²) in [5.41, 5.74) is 1.04. The Kier molecular flexibility index (Phi) is 6.73. The Labute approximate surface area is 119 Å². The number of carboxylic acids is 1. The summed E-state index contributed by atoms with van der Waals surface area (Å²) in [6, 6.07) is 9.68. The summed E-state index contributed by atoms with van der Waals surface area (Å²) in [7, 11) is 0. The van der Waals surface area contributed by atoms with Crippen LogP contribution in [0, 0.1) is 5.92 Å². The highest BCUT2D eigenvalue weighted by molar-refractivity contribution is 5.78. The summed E-state index contributed by atoms with van der Waals surface area (Å²) in [5.74, 6) is -1.40. The first-order chi connectivity index (χ1) is 9.52. The van der Waals surface area contributed by atoms with Crippen molar-refractivity contribution in [3.05, 3.63) is 35.9 Å². The van der Waals surface area contributed by atoms with E-state index in [0.29, 0.717) is 19.6 Å². The molecule has 1 rings (SSSR count). The zero-order chi connectivity index (χ0) is 15.0. The second kappa shape index (κ2) is 8.32. The molecule has 1 aromatic rings. The number of likely N-dealkylation sites (N-methyl/N-ethyl adjacent to an activating group) is 1. The fourth-order valence-corrected chi connectivity index (χ4v) is 1.83. The third-order valence-corrected chi connectivity index (χ3v) is 3.10. The predicted molar refractivity (Wildman–Crippen MR) is 77.2 cm³/mol. The van der Waals surface area contributed by atoms with Gasteiger partial charge in [-0.15, -0.1) is 0 Å². The second-order valence-corrected chi connectivity index (χ2v) is 4.83. The van der Waals surface area contributed by atoms with Gasteiger partial charge in [0.25, 0.3) is 0 Å². The van der Waals surface area contributed by atoms with E-state index in [1.165, 1.54) is 0 Å². The lowest BCUT2D eigenvalue weighted by atomic mass is 10.1. The first-order valence-electron chi connectivity index (χ1n) is 6.78. The van der Waals surface area contributed by atoms with E-state index in [9.17, 15) is 9.59 Å². The number of benzene rings is 1. The summed E-state index contributed by atoms with van der Waals surface area (Å²) in [5, 5.41) is 11.7. The molecule has 0 bridgehead atoms. The maximum absolute atomic E-state index is 11.8. The third kappa shape index (κ3) is 5.84. The average Bonchev–Trinajstić information content (AvgIpc) is 2.45. The molecule has 0 fully saturated rings. The van der Waals surface area contributed by atoms with Gasteiger partial charge in [-0.05, 0) is 12.1 Å². The van der Waals surface area contributed by atoms with Gasteiger partial charge in [0.05, 0.1) is 12.5 Å². The number of carboxylic acid groups (broad SMARTS) is 1. The van der Waals surface area contributed by atoms with Crippen molar-refractivity contribution in [2.45, 2.75) is 20.4 Å². The zero-order valence-corrected chi connectivity index (χ0v) is 12.0. The van der Waals surface area contributed by atoms with E-state index in [1.807, 2.05) is 42.2 Å². The van der Waals surface area contributed by atoms with Crippen LogP contribution in [-0.4, -0.2) is 41.5 Å². The van der Waals surface area contributed by atoms with E-state index in [1.54, 1.807) is 6.92 Å². The molecular weight excluding hydrogens is 256 g/mol. The molecule has 0 aromatic heterocycles. The van der Waals surface area contributed by atoms with Gasteiger partial charge in [0.1, 0.15) is 0 Å². The molecule has 0 aliphatic heterocycles. The summed E-state index contributed by atoms with van der Waals surface area (Å²) in [6.45, 7) is 5.31. The molecule has 5 heteroatoms. The first-order valence-corrected chi connectivity index (χ1v) is 6.78. The maximum atomic E-state index is 11.8. The van der Waals surface area contributed by atoms with Gasteiger partial charge in [0, 0.05) is 13.1 Å². The summed E-state index contributed by atoms with van der Waals surface area (Å²) in [4.78, 5) is 24.5. The number of hydrogen-bond acceptors (Lipinski definition) is 3. The Bertz CT molecular complexity index is 434. The van der Waals surface area contributed by atoms with Crippen LogP contribution in [0.4, 0.5) is 0 Å². The van der Waals surface area contributed by atoms with E-state index < -0.39 is 11.9 Å². The minimum absolute atomic E-state index is 0.0895. The maximum Gasteiger partial charge on any atom is 0.307 e. The van der Waals surface area contributed by atoms with Crippen LogP contribution < -0.4 is 5.32 Å². The van der Waals surface area contributed by atoms with Crippen LogP contribution in [0.3, 0.4) is 0 Å². The van der Waals surface area contributed by atoms with E-state index >= 15 is 0 Å². The van der Waals surface area contributed by atoms with Crippen molar-refractivity contribution >= 4 is 11.9 Å². The molecule has 110 valence electrons. The molecule has 0 aliphatic carbocycles. The number of carbonyl (C=O) groups excluding carboxylic acids is 1. The number of amides is 1. The van der Waals surface area contributed by atoms with E-state index in [0.717, 1.165) is 5.56 Å². The summed E-state index contributed by atoms with van der Waals surface area (Å²) in [6.07, 6.45) is 0. The van der Waals surface area contributed by atoms with Crippen molar-refractivity contribution in [3.63, 3.8) is 0 Å². The lowest BCUT2D eigenvalue weighted by Crippen LogP contribution is -2.40. The lowest BCUT2D eigenvalue weighted by molar-refractivity contribution is -0.142. The number of carbonyl (C=O) groups is 2. The van der Waals surface area contributed by atoms with E-state index in [4.69, 9.17) is 5.11 Å². The van der Waals surface area contributed by atoms with Gasteiger partial charge in [-0.2, -0.15) is 0 Å². The van der Waals surface area contributed by atoms with Gasteiger partial charge in [-0.1, -0.05) is 44.2 Å². The fourth-order valence-electron chi connectivity index (χ4n) is 1.83. The van der Waals surface area contributed by atoms with Crippen molar-refractivity contribution in [2.24, 2.45) is 5.92 Å². The van der Waals surface area contributed by atoms with Gasteiger partial charge in [-0.25, -0.2) is 0 Å². The van der Waals surface area contributed by atoms with Crippen molar-refractivity contribution in [1.29, 1.82) is 0 Å². The Morgan fingerprint density at radius 1 is 1.30 bits per heavy atom. The van der Waals surface area contributed by atoms with Crippen LogP contribution >= 0.6 is 0 Å². The highest BCUT2D eigenvalue weighted by atomic mass is 16.4. The Hall–Kier alpha value is -1.88. The smallest absolute Gasteiger partial charge is 0.307 e. The molecule has 0 saturated carbocycles. The molecule has 0 spiro atoms. The monoisotopic (exact) mass is 278 g/mol. The number of aliphatic carboxylic acids is 1. The molecule has 0 aliphatic rings. The minimum Gasteiger partial charge on any atom is -0.481 e. The molecule has 20 heavy (non-hydrogen) atoms. The molecule has 0 radical (unpaired) electrons. The number of nitrogens with zero attached hydrogens (tertiary/aromatic N) is 1. The quantitative estimate of drug-likeness (QED) is 0.753. The van der Waals surface area contributed by atoms with Crippen molar-refractivity contribution in [3.8, 4) is 0 Å².